The lowest BCUT2D eigenvalue weighted by Crippen LogP contribution is -2.26. The molecule has 0 saturated carbocycles. The van der Waals surface area contributed by atoms with Gasteiger partial charge in [0.25, 0.3) is 0 Å². The molecule has 0 bridgehead atoms. The molecule has 1 aliphatic heterocycles. The third-order valence-corrected chi connectivity index (χ3v) is 3.90. The van der Waals surface area contributed by atoms with Crippen LogP contribution in [0.3, 0.4) is 0 Å². The van der Waals surface area contributed by atoms with Crippen molar-refractivity contribution in [2.75, 3.05) is 6.54 Å². The van der Waals surface area contributed by atoms with Crippen LogP contribution >= 0.6 is 11.6 Å². The van der Waals surface area contributed by atoms with Crippen molar-refractivity contribution >= 4 is 17.3 Å². The summed E-state index contributed by atoms with van der Waals surface area (Å²) in [6.07, 6.45) is 0.625. The average Bonchev–Trinajstić information content (AvgIpc) is 2.98. The number of halogens is 2. The van der Waals surface area contributed by atoms with Crippen molar-refractivity contribution in [1.82, 2.24) is 5.32 Å². The van der Waals surface area contributed by atoms with E-state index in [0.29, 0.717) is 19.5 Å². The van der Waals surface area contributed by atoms with Crippen molar-refractivity contribution in [2.24, 2.45) is 5.16 Å². The Morgan fingerprint density at radius 1 is 1.23 bits per heavy atom. The first-order valence-electron chi connectivity index (χ1n) is 7.15. The maximum atomic E-state index is 13.2. The molecule has 3 nitrogen and oxygen atoms in total. The summed E-state index contributed by atoms with van der Waals surface area (Å²) in [4.78, 5) is 5.40. The molecule has 0 radical (unpaired) electrons. The molecule has 3 rings (SSSR count). The summed E-state index contributed by atoms with van der Waals surface area (Å²) in [5.41, 5.74) is 2.60. The zero-order chi connectivity index (χ0) is 15.4. The zero-order valence-corrected chi connectivity index (χ0v) is 12.7. The van der Waals surface area contributed by atoms with Crippen LogP contribution in [-0.4, -0.2) is 18.4 Å². The summed E-state index contributed by atoms with van der Waals surface area (Å²) < 4.78 is 13.2. The second kappa shape index (κ2) is 6.90. The molecule has 1 unspecified atom stereocenters. The van der Waals surface area contributed by atoms with Gasteiger partial charge in [-0.05, 0) is 23.8 Å². The van der Waals surface area contributed by atoms with Crippen LogP contribution in [0.4, 0.5) is 4.39 Å². The SMILES string of the molecule is Fc1cccc(C2=NOC(CNCc3ccccc3Cl)C2)c1. The van der Waals surface area contributed by atoms with Crippen molar-refractivity contribution in [2.45, 2.75) is 19.1 Å². The van der Waals surface area contributed by atoms with Crippen LogP contribution in [0.5, 0.6) is 0 Å². The molecule has 114 valence electrons. The van der Waals surface area contributed by atoms with Crippen LogP contribution < -0.4 is 5.32 Å². The molecule has 2 aromatic rings. The number of rotatable bonds is 5. The number of hydrogen-bond donors (Lipinski definition) is 1. The predicted octanol–water partition coefficient (Wildman–Crippen LogP) is 3.76. The highest BCUT2D eigenvalue weighted by Gasteiger charge is 2.22. The minimum Gasteiger partial charge on any atom is -0.390 e. The molecule has 5 heteroatoms. The van der Waals surface area contributed by atoms with E-state index in [1.165, 1.54) is 12.1 Å². The summed E-state index contributed by atoms with van der Waals surface area (Å²) in [7, 11) is 0. The quantitative estimate of drug-likeness (QED) is 0.910. The Hall–Kier alpha value is -1.91. The second-order valence-electron chi connectivity index (χ2n) is 5.20. The standard InChI is InChI=1S/C17H16ClFN2O/c18-16-7-2-1-4-13(16)10-20-11-15-9-17(21-22-15)12-5-3-6-14(19)8-12/h1-8,15,20H,9-11H2. The fourth-order valence-corrected chi connectivity index (χ4v) is 2.59. The molecule has 1 aliphatic rings. The lowest BCUT2D eigenvalue weighted by atomic mass is 10.0. The minimum atomic E-state index is -0.263. The topological polar surface area (TPSA) is 33.6 Å². The maximum Gasteiger partial charge on any atom is 0.145 e. The van der Waals surface area contributed by atoms with Crippen molar-refractivity contribution in [3.05, 3.63) is 70.5 Å². The molecule has 0 spiro atoms. The fourth-order valence-electron chi connectivity index (χ4n) is 2.39. The van der Waals surface area contributed by atoms with Gasteiger partial charge in [0.15, 0.2) is 0 Å². The fraction of sp³-hybridized carbons (Fsp3) is 0.235. The van der Waals surface area contributed by atoms with Gasteiger partial charge >= 0.3 is 0 Å². The van der Waals surface area contributed by atoms with E-state index < -0.39 is 0 Å². The summed E-state index contributed by atoms with van der Waals surface area (Å²) in [6, 6.07) is 14.1. The van der Waals surface area contributed by atoms with Crippen molar-refractivity contribution in [3.63, 3.8) is 0 Å². The first-order chi connectivity index (χ1) is 10.7. The molecular formula is C17H16ClFN2O. The first kappa shape index (κ1) is 15.0. The van der Waals surface area contributed by atoms with Gasteiger partial charge in [-0.3, -0.25) is 0 Å². The zero-order valence-electron chi connectivity index (χ0n) is 11.9. The Labute approximate surface area is 133 Å². The van der Waals surface area contributed by atoms with Crippen LogP contribution in [0, 0.1) is 5.82 Å². The smallest absolute Gasteiger partial charge is 0.145 e. The Morgan fingerprint density at radius 3 is 2.91 bits per heavy atom. The lowest BCUT2D eigenvalue weighted by molar-refractivity contribution is 0.0848. The Morgan fingerprint density at radius 2 is 2.09 bits per heavy atom. The van der Waals surface area contributed by atoms with E-state index in [4.69, 9.17) is 16.4 Å². The second-order valence-corrected chi connectivity index (χ2v) is 5.61. The highest BCUT2D eigenvalue weighted by molar-refractivity contribution is 6.31. The first-order valence-corrected chi connectivity index (χ1v) is 7.53. The summed E-state index contributed by atoms with van der Waals surface area (Å²) in [5.74, 6) is -0.263. The third kappa shape index (κ3) is 3.64. The van der Waals surface area contributed by atoms with E-state index in [9.17, 15) is 4.39 Å². The van der Waals surface area contributed by atoms with E-state index in [0.717, 1.165) is 21.9 Å². The van der Waals surface area contributed by atoms with Gasteiger partial charge in [-0.1, -0.05) is 47.1 Å². The number of nitrogens with zero attached hydrogens (tertiary/aromatic N) is 1. The molecule has 1 N–H and O–H groups in total. The number of nitrogens with one attached hydrogen (secondary N) is 1. The van der Waals surface area contributed by atoms with E-state index in [-0.39, 0.29) is 11.9 Å². The minimum absolute atomic E-state index is 0.0410. The molecule has 0 fully saturated rings. The van der Waals surface area contributed by atoms with E-state index >= 15 is 0 Å². The van der Waals surface area contributed by atoms with Crippen LogP contribution in [-0.2, 0) is 11.4 Å². The molecule has 1 atom stereocenters. The molecule has 22 heavy (non-hydrogen) atoms. The lowest BCUT2D eigenvalue weighted by Gasteiger charge is -2.10. The molecular weight excluding hydrogens is 303 g/mol. The molecule has 0 aliphatic carbocycles. The molecule has 0 saturated heterocycles. The molecule has 0 amide bonds. The molecule has 2 aromatic carbocycles. The van der Waals surface area contributed by atoms with Gasteiger partial charge < -0.3 is 10.2 Å². The largest absolute Gasteiger partial charge is 0.390 e. The van der Waals surface area contributed by atoms with Gasteiger partial charge in [-0.15, -0.1) is 0 Å². The number of benzene rings is 2. The van der Waals surface area contributed by atoms with Gasteiger partial charge in [0.1, 0.15) is 11.9 Å². The van der Waals surface area contributed by atoms with Crippen molar-refractivity contribution < 1.29 is 9.23 Å². The van der Waals surface area contributed by atoms with Crippen molar-refractivity contribution in [3.8, 4) is 0 Å². The van der Waals surface area contributed by atoms with Crippen molar-refractivity contribution in [1.29, 1.82) is 0 Å². The van der Waals surface area contributed by atoms with Crippen LogP contribution in [0.1, 0.15) is 17.5 Å². The predicted molar refractivity (Wildman–Crippen MR) is 85.6 cm³/mol. The maximum absolute atomic E-state index is 13.2. The Bertz CT molecular complexity index is 690. The van der Waals surface area contributed by atoms with E-state index in [2.05, 4.69) is 10.5 Å². The van der Waals surface area contributed by atoms with Crippen LogP contribution in [0.15, 0.2) is 53.7 Å². The highest BCUT2D eigenvalue weighted by atomic mass is 35.5. The monoisotopic (exact) mass is 318 g/mol. The van der Waals surface area contributed by atoms with Crippen LogP contribution in [0.2, 0.25) is 5.02 Å². The molecule has 0 aromatic heterocycles. The van der Waals surface area contributed by atoms with Crippen LogP contribution in [0.25, 0.3) is 0 Å². The summed E-state index contributed by atoms with van der Waals surface area (Å²) in [6.45, 7) is 1.34. The number of oxime groups is 1. The number of hydrogen-bond acceptors (Lipinski definition) is 3. The normalized spacial score (nSPS) is 17.2. The van der Waals surface area contributed by atoms with E-state index in [1.807, 2.05) is 30.3 Å². The van der Waals surface area contributed by atoms with Gasteiger partial charge in [-0.2, -0.15) is 0 Å². The Balaban J connectivity index is 1.50. The molecule has 1 heterocycles. The van der Waals surface area contributed by atoms with Gasteiger partial charge in [-0.25, -0.2) is 4.39 Å². The Kier molecular flexibility index (Phi) is 4.71. The average molecular weight is 319 g/mol. The highest BCUT2D eigenvalue weighted by Crippen LogP contribution is 2.18. The summed E-state index contributed by atoms with van der Waals surface area (Å²) in [5, 5.41) is 8.12. The van der Waals surface area contributed by atoms with Gasteiger partial charge in [0.05, 0.1) is 5.71 Å². The third-order valence-electron chi connectivity index (χ3n) is 3.54. The van der Waals surface area contributed by atoms with Gasteiger partial charge in [0, 0.05) is 30.1 Å². The van der Waals surface area contributed by atoms with E-state index in [1.54, 1.807) is 6.07 Å². The summed E-state index contributed by atoms with van der Waals surface area (Å²) >= 11 is 6.11. The van der Waals surface area contributed by atoms with Gasteiger partial charge in [0.2, 0.25) is 0 Å².